The number of hydrogen-bond acceptors (Lipinski definition) is 3. The van der Waals surface area contributed by atoms with E-state index in [1.54, 1.807) is 0 Å². The van der Waals surface area contributed by atoms with E-state index >= 15 is 0 Å². The summed E-state index contributed by atoms with van der Waals surface area (Å²) in [5.74, 6) is 4.14. The number of hydrogen-bond donors (Lipinski definition) is 0. The Bertz CT molecular complexity index is 2150. The summed E-state index contributed by atoms with van der Waals surface area (Å²) in [5.41, 5.74) is 11.2. The molecule has 0 saturated heterocycles. The number of aryl methyl sites for hydroxylation is 3. The van der Waals surface area contributed by atoms with Crippen LogP contribution in [0.1, 0.15) is 87.9 Å². The van der Waals surface area contributed by atoms with Crippen molar-refractivity contribution in [3.05, 3.63) is 119 Å². The van der Waals surface area contributed by atoms with E-state index in [0.717, 1.165) is 65.3 Å². The zero-order valence-corrected chi connectivity index (χ0v) is 29.5. The van der Waals surface area contributed by atoms with Crippen LogP contribution in [0.4, 0.5) is 0 Å². The third kappa shape index (κ3) is 5.85. The number of nitrogens with zero attached hydrogens (tertiary/aromatic N) is 4. The second kappa shape index (κ2) is 13.1. The zero-order chi connectivity index (χ0) is 33.5. The van der Waals surface area contributed by atoms with Crippen molar-refractivity contribution < 1.29 is 4.74 Å². The molecule has 0 fully saturated rings. The van der Waals surface area contributed by atoms with Gasteiger partial charge >= 0.3 is 0 Å². The number of aromatic nitrogens is 4. The summed E-state index contributed by atoms with van der Waals surface area (Å²) < 4.78 is 11.2. The Morgan fingerprint density at radius 2 is 1.58 bits per heavy atom. The summed E-state index contributed by atoms with van der Waals surface area (Å²) in [6, 6.07) is 25.6. The van der Waals surface area contributed by atoms with Gasteiger partial charge in [0.25, 0.3) is 0 Å². The van der Waals surface area contributed by atoms with Gasteiger partial charge in [-0.05, 0) is 105 Å². The molecule has 246 valence electrons. The SMILES string of the molecule is CCCc1nn(-c2cc(C)cc(Oc3ccc4c5ccccc5n(-c5cc(C)ccn5)c4c3)c2)c(CCC)c1[C@@H]1C(C)=CC(C)C[C@@H]1C. The largest absolute Gasteiger partial charge is 0.457 e. The molecule has 0 aliphatic heterocycles. The van der Waals surface area contributed by atoms with E-state index in [2.05, 4.69) is 131 Å². The Morgan fingerprint density at radius 3 is 2.35 bits per heavy atom. The van der Waals surface area contributed by atoms with Crippen molar-refractivity contribution >= 4 is 21.8 Å². The highest BCUT2D eigenvalue weighted by Crippen LogP contribution is 2.44. The van der Waals surface area contributed by atoms with Gasteiger partial charge in [0.05, 0.1) is 22.4 Å². The van der Waals surface area contributed by atoms with Crippen molar-refractivity contribution in [1.29, 1.82) is 0 Å². The molecule has 0 spiro atoms. The molecule has 1 unspecified atom stereocenters. The lowest BCUT2D eigenvalue weighted by atomic mass is 9.72. The van der Waals surface area contributed by atoms with Crippen LogP contribution in [-0.4, -0.2) is 19.3 Å². The highest BCUT2D eigenvalue weighted by atomic mass is 16.5. The molecule has 5 heteroatoms. The predicted octanol–water partition coefficient (Wildman–Crippen LogP) is 11.4. The molecule has 1 aliphatic carbocycles. The second-order valence-corrected chi connectivity index (χ2v) is 14.1. The highest BCUT2D eigenvalue weighted by molar-refractivity contribution is 6.09. The van der Waals surface area contributed by atoms with E-state index in [1.807, 2.05) is 12.3 Å². The molecule has 3 atom stereocenters. The van der Waals surface area contributed by atoms with E-state index in [9.17, 15) is 0 Å². The van der Waals surface area contributed by atoms with Crippen molar-refractivity contribution in [2.45, 2.75) is 86.5 Å². The van der Waals surface area contributed by atoms with Gasteiger partial charge in [0, 0.05) is 46.3 Å². The molecule has 0 saturated carbocycles. The normalized spacial score (nSPS) is 18.1. The first-order valence-corrected chi connectivity index (χ1v) is 17.8. The minimum Gasteiger partial charge on any atom is -0.457 e. The topological polar surface area (TPSA) is 44.9 Å². The van der Waals surface area contributed by atoms with Gasteiger partial charge < -0.3 is 4.74 Å². The first-order chi connectivity index (χ1) is 23.2. The number of benzene rings is 3. The molecule has 3 aromatic heterocycles. The lowest BCUT2D eigenvalue weighted by Gasteiger charge is -2.33. The number of ether oxygens (including phenoxy) is 1. The quantitative estimate of drug-likeness (QED) is 0.148. The molecular formula is C43H48N4O. The predicted molar refractivity (Wildman–Crippen MR) is 199 cm³/mol. The number of fused-ring (bicyclic) bond motifs is 3. The number of pyridine rings is 1. The molecule has 1 aliphatic rings. The number of para-hydroxylation sites is 1. The van der Waals surface area contributed by atoms with Crippen LogP contribution in [0.25, 0.3) is 33.3 Å². The molecule has 5 nitrogen and oxygen atoms in total. The van der Waals surface area contributed by atoms with Gasteiger partial charge in [0.15, 0.2) is 0 Å². The van der Waals surface area contributed by atoms with Gasteiger partial charge in [-0.2, -0.15) is 5.10 Å². The number of allylic oxidation sites excluding steroid dienone is 2. The molecule has 0 N–H and O–H groups in total. The first-order valence-electron chi connectivity index (χ1n) is 17.8. The zero-order valence-electron chi connectivity index (χ0n) is 29.5. The first kappa shape index (κ1) is 31.9. The summed E-state index contributed by atoms with van der Waals surface area (Å²) in [6.07, 6.45) is 9.74. The lowest BCUT2D eigenvalue weighted by Crippen LogP contribution is -2.21. The Kier molecular flexibility index (Phi) is 8.72. The third-order valence-electron chi connectivity index (χ3n) is 10.0. The lowest BCUT2D eigenvalue weighted by molar-refractivity contribution is 0.389. The minimum absolute atomic E-state index is 0.417. The Balaban J connectivity index is 1.32. The smallest absolute Gasteiger partial charge is 0.137 e. The van der Waals surface area contributed by atoms with Crippen LogP contribution in [0.2, 0.25) is 0 Å². The summed E-state index contributed by atoms with van der Waals surface area (Å²) in [5, 5.41) is 7.76. The molecule has 3 heterocycles. The Labute approximate surface area is 285 Å². The maximum absolute atomic E-state index is 6.70. The second-order valence-electron chi connectivity index (χ2n) is 14.1. The minimum atomic E-state index is 0.417. The van der Waals surface area contributed by atoms with Gasteiger partial charge in [0.1, 0.15) is 17.3 Å². The highest BCUT2D eigenvalue weighted by Gasteiger charge is 2.33. The van der Waals surface area contributed by atoms with Crippen LogP contribution >= 0.6 is 0 Å². The fourth-order valence-electron chi connectivity index (χ4n) is 8.24. The summed E-state index contributed by atoms with van der Waals surface area (Å²) >= 11 is 0. The molecule has 7 rings (SSSR count). The van der Waals surface area contributed by atoms with Crippen molar-refractivity contribution in [2.75, 3.05) is 0 Å². The van der Waals surface area contributed by atoms with E-state index in [1.165, 1.54) is 45.3 Å². The van der Waals surface area contributed by atoms with Gasteiger partial charge in [0.2, 0.25) is 0 Å². The van der Waals surface area contributed by atoms with Crippen molar-refractivity contribution in [3.8, 4) is 23.0 Å². The molecule has 0 amide bonds. The van der Waals surface area contributed by atoms with E-state index in [0.29, 0.717) is 17.8 Å². The van der Waals surface area contributed by atoms with Crippen molar-refractivity contribution in [2.24, 2.45) is 11.8 Å². The van der Waals surface area contributed by atoms with E-state index in [-0.39, 0.29) is 0 Å². The summed E-state index contributed by atoms with van der Waals surface area (Å²) in [6.45, 7) is 15.9. The molecule has 3 aromatic carbocycles. The van der Waals surface area contributed by atoms with Crippen LogP contribution < -0.4 is 4.74 Å². The van der Waals surface area contributed by atoms with Crippen LogP contribution in [0.15, 0.2) is 90.6 Å². The molecule has 0 radical (unpaired) electrons. The third-order valence-corrected chi connectivity index (χ3v) is 10.0. The fraction of sp³-hybridized carbons (Fsp3) is 0.349. The van der Waals surface area contributed by atoms with Gasteiger partial charge in [-0.15, -0.1) is 0 Å². The van der Waals surface area contributed by atoms with Crippen molar-refractivity contribution in [1.82, 2.24) is 19.3 Å². The molecule has 48 heavy (non-hydrogen) atoms. The van der Waals surface area contributed by atoms with E-state index in [4.69, 9.17) is 14.8 Å². The number of rotatable bonds is 9. The standard InChI is InChI=1S/C43H48N4O/c1-8-12-37-43(42-30(6)20-28(4)21-31(42)7)39(13-9-2)47(45-37)32-22-29(5)23-34(25-32)48-33-16-17-36-35-14-10-11-15-38(35)46(40(36)26-33)41-24-27(3)18-19-44-41/h10-11,14-20,22-26,28,31,42H,8-9,12-13,21H2,1-7H3/t28?,31-,42+/m0/s1. The summed E-state index contributed by atoms with van der Waals surface area (Å²) in [4.78, 5) is 4.75. The van der Waals surface area contributed by atoms with E-state index < -0.39 is 0 Å². The van der Waals surface area contributed by atoms with Gasteiger partial charge in [-0.1, -0.05) is 70.4 Å². The molecule has 0 bridgehead atoms. The fourth-order valence-corrected chi connectivity index (χ4v) is 8.24. The average molecular weight is 637 g/mol. The Hall–Kier alpha value is -4.64. The van der Waals surface area contributed by atoms with Crippen LogP contribution in [0, 0.1) is 25.7 Å². The molecular weight excluding hydrogens is 589 g/mol. The monoisotopic (exact) mass is 636 g/mol. The molecule has 6 aromatic rings. The maximum atomic E-state index is 6.70. The summed E-state index contributed by atoms with van der Waals surface area (Å²) in [7, 11) is 0. The average Bonchev–Trinajstić information content (AvgIpc) is 3.56. The van der Waals surface area contributed by atoms with Gasteiger partial charge in [-0.3, -0.25) is 4.57 Å². The van der Waals surface area contributed by atoms with Crippen LogP contribution in [0.3, 0.4) is 0 Å². The van der Waals surface area contributed by atoms with Crippen molar-refractivity contribution in [3.63, 3.8) is 0 Å². The van der Waals surface area contributed by atoms with Crippen LogP contribution in [0.5, 0.6) is 11.5 Å². The maximum Gasteiger partial charge on any atom is 0.137 e. The van der Waals surface area contributed by atoms with Crippen LogP contribution in [-0.2, 0) is 12.8 Å². The Morgan fingerprint density at radius 1 is 0.792 bits per heavy atom. The van der Waals surface area contributed by atoms with Gasteiger partial charge in [-0.25, -0.2) is 9.67 Å².